The van der Waals surface area contributed by atoms with Crippen LogP contribution in [0, 0.1) is 28.6 Å². The Hall–Kier alpha value is -3.50. The highest BCUT2D eigenvalue weighted by Crippen LogP contribution is 2.69. The molecule has 3 N–H and O–H groups in total. The number of carbonyl (C=O) groups excluding carboxylic acids is 2. The highest BCUT2D eigenvalue weighted by molar-refractivity contribution is 5.97. The molecule has 0 spiro atoms. The van der Waals surface area contributed by atoms with Crippen molar-refractivity contribution in [3.63, 3.8) is 0 Å². The van der Waals surface area contributed by atoms with Crippen LogP contribution in [-0.2, 0) is 25.5 Å². The fourth-order valence-electron chi connectivity index (χ4n) is 9.83. The molecule has 0 radical (unpaired) electrons. The summed E-state index contributed by atoms with van der Waals surface area (Å²) in [6.07, 6.45) is 7.16. The molecule has 1 aromatic carbocycles. The van der Waals surface area contributed by atoms with Gasteiger partial charge in [0.2, 0.25) is 5.78 Å². The first-order valence-corrected chi connectivity index (χ1v) is 15.4. The predicted octanol–water partition coefficient (Wildman–Crippen LogP) is 3.87. The fraction of sp³-hybridized carbons (Fsp3) is 0.576. The zero-order valence-electron chi connectivity index (χ0n) is 25.5. The summed E-state index contributed by atoms with van der Waals surface area (Å²) in [7, 11) is 1.84. The molecule has 0 unspecified atom stereocenters. The second kappa shape index (κ2) is 9.75. The Kier molecular flexibility index (Phi) is 6.42. The van der Waals surface area contributed by atoms with Gasteiger partial charge in [0.05, 0.1) is 23.2 Å². The minimum atomic E-state index is -1.16. The molecule has 0 bridgehead atoms. The van der Waals surface area contributed by atoms with Crippen molar-refractivity contribution in [3.05, 3.63) is 47.3 Å². The van der Waals surface area contributed by atoms with Crippen molar-refractivity contribution in [2.45, 2.75) is 77.5 Å². The first-order valence-electron chi connectivity index (χ1n) is 15.4. The van der Waals surface area contributed by atoms with Gasteiger partial charge in [0.15, 0.2) is 18.0 Å². The van der Waals surface area contributed by atoms with Crippen LogP contribution < -0.4 is 10.9 Å². The summed E-state index contributed by atoms with van der Waals surface area (Å²) in [6.45, 7) is 7.19. The number of aliphatic hydroxyl groups excluding tert-OH is 1. The van der Waals surface area contributed by atoms with Gasteiger partial charge in [-0.1, -0.05) is 25.5 Å². The molecule has 1 aromatic heterocycles. The monoisotopic (exact) mass is 587 g/mol. The Morgan fingerprint density at radius 3 is 2.86 bits per heavy atom. The van der Waals surface area contributed by atoms with Gasteiger partial charge in [-0.05, 0) is 85.1 Å². The number of aliphatic imine (C=N–C) groups is 1. The number of carbonyl (C=O) groups is 2. The zero-order valence-corrected chi connectivity index (χ0v) is 25.5. The lowest BCUT2D eigenvalue weighted by Crippen LogP contribution is -2.62. The average Bonchev–Trinajstić information content (AvgIpc) is 3.59. The van der Waals surface area contributed by atoms with Crippen LogP contribution >= 0.6 is 0 Å². The van der Waals surface area contributed by atoms with Gasteiger partial charge < -0.3 is 20.0 Å². The fourth-order valence-corrected chi connectivity index (χ4v) is 9.83. The Balaban J connectivity index is 1.21. The SMILES string of the molecule is CNNc1cccc(-n2cc3c(n2)C=C2CC[C@@H]4[C@H]([C@@H](O)C[C@@]5(C)[C@H]4C[C@H]4OC(C)=N[C@]45C(=O)COC(C)=O)[C@@]2(C)C3)c1. The second-order valence-electron chi connectivity index (χ2n) is 13.6. The third-order valence-corrected chi connectivity index (χ3v) is 11.4. The maximum atomic E-state index is 13.9. The van der Waals surface area contributed by atoms with E-state index in [0.717, 1.165) is 36.3 Å². The van der Waals surface area contributed by atoms with E-state index < -0.39 is 29.1 Å². The molecule has 3 saturated carbocycles. The number of aliphatic hydroxyl groups is 1. The van der Waals surface area contributed by atoms with Gasteiger partial charge in [-0.3, -0.25) is 9.59 Å². The largest absolute Gasteiger partial charge is 0.475 e. The van der Waals surface area contributed by atoms with Crippen molar-refractivity contribution >= 4 is 29.4 Å². The number of benzene rings is 1. The molecule has 7 rings (SSSR count). The van der Waals surface area contributed by atoms with E-state index in [2.05, 4.69) is 43.0 Å². The Labute approximate surface area is 251 Å². The van der Waals surface area contributed by atoms with Crippen LogP contribution in [0.5, 0.6) is 0 Å². The molecule has 0 amide bonds. The van der Waals surface area contributed by atoms with E-state index in [0.29, 0.717) is 18.7 Å². The van der Waals surface area contributed by atoms with E-state index in [-0.39, 0.29) is 35.6 Å². The van der Waals surface area contributed by atoms with Gasteiger partial charge in [0.25, 0.3) is 0 Å². The number of anilines is 1. The predicted molar refractivity (Wildman–Crippen MR) is 161 cm³/mol. The van der Waals surface area contributed by atoms with Gasteiger partial charge in [-0.2, -0.15) is 5.10 Å². The average molecular weight is 588 g/mol. The number of Topliss-reactive ketones (excluding diaryl/α,β-unsaturated/α-hetero) is 1. The topological polar surface area (TPSA) is 127 Å². The highest BCUT2D eigenvalue weighted by atomic mass is 16.5. The van der Waals surface area contributed by atoms with Crippen molar-refractivity contribution in [2.24, 2.45) is 33.6 Å². The number of fused-ring (bicyclic) bond motifs is 8. The molecule has 2 aromatic rings. The number of hydrazine groups is 1. The van der Waals surface area contributed by atoms with Crippen LogP contribution in [0.3, 0.4) is 0 Å². The van der Waals surface area contributed by atoms with Crippen LogP contribution in [-0.4, -0.2) is 63.9 Å². The van der Waals surface area contributed by atoms with E-state index in [1.807, 2.05) is 29.9 Å². The van der Waals surface area contributed by atoms with Crippen molar-refractivity contribution < 1.29 is 24.2 Å². The normalized spacial score (nSPS) is 37.0. The van der Waals surface area contributed by atoms with E-state index in [1.54, 1.807) is 6.92 Å². The summed E-state index contributed by atoms with van der Waals surface area (Å²) in [5, 5.41) is 17.0. The van der Waals surface area contributed by atoms with Gasteiger partial charge in [-0.15, -0.1) is 0 Å². The van der Waals surface area contributed by atoms with Crippen LogP contribution in [0.25, 0.3) is 11.8 Å². The maximum absolute atomic E-state index is 13.9. The lowest BCUT2D eigenvalue weighted by atomic mass is 9.45. The maximum Gasteiger partial charge on any atom is 0.303 e. The number of hydrogen-bond acceptors (Lipinski definition) is 9. The molecule has 228 valence electrons. The summed E-state index contributed by atoms with van der Waals surface area (Å²) >= 11 is 0. The number of ether oxygens (including phenoxy) is 2. The lowest BCUT2D eigenvalue weighted by Gasteiger charge is -2.60. The molecule has 10 nitrogen and oxygen atoms in total. The summed E-state index contributed by atoms with van der Waals surface area (Å²) in [4.78, 5) is 30.3. The summed E-state index contributed by atoms with van der Waals surface area (Å²) in [5.74, 6) is 0.156. The number of ketones is 1. The first kappa shape index (κ1) is 28.3. The van der Waals surface area contributed by atoms with E-state index in [9.17, 15) is 14.7 Å². The highest BCUT2D eigenvalue weighted by Gasteiger charge is 2.74. The second-order valence-corrected chi connectivity index (χ2v) is 13.6. The Morgan fingerprint density at radius 1 is 1.28 bits per heavy atom. The molecule has 0 saturated heterocycles. The standard InChI is InChI=1S/C33H41N5O5/c1-18-35-33(28(41)17-42-19(2)39)29(43-18)13-25-24-10-9-21-11-26-20(14-31(21,3)30(24)27(40)15-32(25,33)4)16-38(37-26)23-8-6-7-22(12-23)36-34-5/h6-8,11-12,16,24-25,27,29-30,34,36,40H,9-10,13-15,17H2,1-5H3/t24-,25-,27-,29+,30+,31-,32-,33+/m0/s1. The Morgan fingerprint density at radius 2 is 2.09 bits per heavy atom. The van der Waals surface area contributed by atoms with Crippen molar-refractivity contribution in [1.82, 2.24) is 15.2 Å². The minimum Gasteiger partial charge on any atom is -0.475 e. The molecule has 2 heterocycles. The molecule has 5 aliphatic rings. The third kappa shape index (κ3) is 3.98. The summed E-state index contributed by atoms with van der Waals surface area (Å²) < 4.78 is 13.3. The molecule has 10 heteroatoms. The molecule has 1 aliphatic heterocycles. The van der Waals surface area contributed by atoms with Crippen LogP contribution in [0.1, 0.15) is 64.6 Å². The van der Waals surface area contributed by atoms with Gasteiger partial charge in [-0.25, -0.2) is 15.1 Å². The molecule has 4 aliphatic carbocycles. The van der Waals surface area contributed by atoms with E-state index in [4.69, 9.17) is 19.6 Å². The van der Waals surface area contributed by atoms with Crippen molar-refractivity contribution in [3.8, 4) is 5.69 Å². The number of nitrogens with one attached hydrogen (secondary N) is 2. The molecule has 43 heavy (non-hydrogen) atoms. The van der Waals surface area contributed by atoms with Gasteiger partial charge in [0, 0.05) is 32.5 Å². The Bertz CT molecular complexity index is 1560. The molecule has 8 atom stereocenters. The third-order valence-electron chi connectivity index (χ3n) is 11.4. The quantitative estimate of drug-likeness (QED) is 0.344. The number of aromatic nitrogens is 2. The summed E-state index contributed by atoms with van der Waals surface area (Å²) in [5.41, 5.74) is 9.56. The van der Waals surface area contributed by atoms with Crippen molar-refractivity contribution in [2.75, 3.05) is 19.1 Å². The first-order chi connectivity index (χ1) is 20.5. The summed E-state index contributed by atoms with van der Waals surface area (Å²) in [6, 6.07) is 8.11. The minimum absolute atomic E-state index is 0.0368. The molecule has 3 fully saturated rings. The molecular weight excluding hydrogens is 546 g/mol. The lowest BCUT2D eigenvalue weighted by molar-refractivity contribution is -0.156. The number of esters is 1. The van der Waals surface area contributed by atoms with E-state index in [1.165, 1.54) is 18.1 Å². The smallest absolute Gasteiger partial charge is 0.303 e. The number of nitrogens with zero attached hydrogens (tertiary/aromatic N) is 3. The van der Waals surface area contributed by atoms with Gasteiger partial charge in [0.1, 0.15) is 6.10 Å². The van der Waals surface area contributed by atoms with Crippen LogP contribution in [0.4, 0.5) is 5.69 Å². The number of allylic oxidation sites excluding steroid dienone is 1. The van der Waals surface area contributed by atoms with Gasteiger partial charge >= 0.3 is 5.97 Å². The van der Waals surface area contributed by atoms with Crippen LogP contribution in [0.2, 0.25) is 0 Å². The van der Waals surface area contributed by atoms with Crippen LogP contribution in [0.15, 0.2) is 41.0 Å². The zero-order chi connectivity index (χ0) is 30.3. The van der Waals surface area contributed by atoms with E-state index >= 15 is 0 Å². The number of rotatable bonds is 6. The van der Waals surface area contributed by atoms with Crippen molar-refractivity contribution in [1.29, 1.82) is 0 Å². The molecular formula is C33H41N5O5. The number of hydrogen-bond donors (Lipinski definition) is 3.